The molecule has 0 unspecified atom stereocenters. The zero-order valence-corrected chi connectivity index (χ0v) is 17.8. The molecule has 0 radical (unpaired) electrons. The fourth-order valence-electron chi connectivity index (χ4n) is 3.19. The largest absolute Gasteiger partial charge is 0.497 e. The molecule has 28 heavy (non-hydrogen) atoms. The third kappa shape index (κ3) is 5.02. The van der Waals surface area contributed by atoms with Crippen molar-refractivity contribution in [2.75, 3.05) is 26.5 Å². The number of thioether (sulfide) groups is 1. The number of ether oxygens (including phenoxy) is 1. The van der Waals surface area contributed by atoms with Crippen molar-refractivity contribution in [2.45, 2.75) is 25.8 Å². The monoisotopic (exact) mass is 416 g/mol. The van der Waals surface area contributed by atoms with Gasteiger partial charge >= 0.3 is 0 Å². The molecule has 1 saturated heterocycles. The zero-order chi connectivity index (χ0) is 20.1. The van der Waals surface area contributed by atoms with Gasteiger partial charge in [-0.05, 0) is 47.4 Å². The van der Waals surface area contributed by atoms with E-state index in [1.54, 1.807) is 16.9 Å². The Labute approximate surface area is 175 Å². The van der Waals surface area contributed by atoms with Crippen LogP contribution in [0.15, 0.2) is 36.4 Å². The van der Waals surface area contributed by atoms with E-state index in [1.807, 2.05) is 31.3 Å². The first-order valence-electron chi connectivity index (χ1n) is 9.25. The SMILES string of the molecule is COc1ccc2cc(CN(C)C(=O)CCCCN3C(=O)CSC3=S)ccc2c1. The van der Waals surface area contributed by atoms with E-state index in [0.717, 1.165) is 34.9 Å². The quantitative estimate of drug-likeness (QED) is 0.483. The maximum atomic E-state index is 12.4. The molecule has 7 heteroatoms. The first-order valence-corrected chi connectivity index (χ1v) is 10.6. The van der Waals surface area contributed by atoms with E-state index >= 15 is 0 Å². The number of fused-ring (bicyclic) bond motifs is 1. The van der Waals surface area contributed by atoms with Crippen LogP contribution in [0, 0.1) is 0 Å². The van der Waals surface area contributed by atoms with Crippen molar-refractivity contribution in [3.8, 4) is 5.75 Å². The first kappa shape index (κ1) is 20.6. The number of thiocarbonyl (C=S) groups is 1. The standard InChI is InChI=1S/C21H24N2O3S2/c1-22(19(24)5-3-4-10-23-20(25)14-28-21(23)27)13-15-6-7-17-12-18(26-2)9-8-16(17)11-15/h6-9,11-12H,3-5,10,13-14H2,1-2H3. The normalized spacial score (nSPS) is 14.0. The number of carbonyl (C=O) groups excluding carboxylic acids is 2. The predicted octanol–water partition coefficient (Wildman–Crippen LogP) is 3.84. The molecule has 2 aromatic carbocycles. The number of benzene rings is 2. The van der Waals surface area contributed by atoms with Gasteiger partial charge in [-0.1, -0.05) is 42.2 Å². The molecule has 0 aromatic heterocycles. The zero-order valence-electron chi connectivity index (χ0n) is 16.1. The van der Waals surface area contributed by atoms with Crippen molar-refractivity contribution >= 4 is 50.9 Å². The highest BCUT2D eigenvalue weighted by Gasteiger charge is 2.25. The summed E-state index contributed by atoms with van der Waals surface area (Å²) in [5.41, 5.74) is 1.10. The lowest BCUT2D eigenvalue weighted by Crippen LogP contribution is -2.30. The van der Waals surface area contributed by atoms with Crippen molar-refractivity contribution in [3.05, 3.63) is 42.0 Å². The lowest BCUT2D eigenvalue weighted by molar-refractivity contribution is -0.130. The van der Waals surface area contributed by atoms with Gasteiger partial charge in [0, 0.05) is 26.6 Å². The van der Waals surface area contributed by atoms with Gasteiger partial charge in [-0.2, -0.15) is 0 Å². The summed E-state index contributed by atoms with van der Waals surface area (Å²) in [4.78, 5) is 27.5. The van der Waals surface area contributed by atoms with Crippen molar-refractivity contribution in [3.63, 3.8) is 0 Å². The molecule has 1 fully saturated rings. The molecule has 0 atom stereocenters. The summed E-state index contributed by atoms with van der Waals surface area (Å²) >= 11 is 6.58. The second-order valence-corrected chi connectivity index (χ2v) is 8.46. The molecule has 1 aliphatic heterocycles. The van der Waals surface area contributed by atoms with Crippen LogP contribution in [-0.4, -0.2) is 52.4 Å². The number of amides is 2. The Morgan fingerprint density at radius 1 is 1.21 bits per heavy atom. The molecule has 0 spiro atoms. The second-order valence-electron chi connectivity index (χ2n) is 6.85. The van der Waals surface area contributed by atoms with Gasteiger partial charge in [0.1, 0.15) is 10.1 Å². The van der Waals surface area contributed by atoms with E-state index < -0.39 is 0 Å². The minimum absolute atomic E-state index is 0.0763. The average molecular weight is 417 g/mol. The van der Waals surface area contributed by atoms with Crippen LogP contribution in [0.2, 0.25) is 0 Å². The Balaban J connectivity index is 1.47. The van der Waals surface area contributed by atoms with Crippen LogP contribution in [-0.2, 0) is 16.1 Å². The van der Waals surface area contributed by atoms with E-state index in [9.17, 15) is 9.59 Å². The molecule has 0 N–H and O–H groups in total. The summed E-state index contributed by atoms with van der Waals surface area (Å²) < 4.78 is 5.91. The molecule has 2 amide bonds. The van der Waals surface area contributed by atoms with Crippen LogP contribution in [0.5, 0.6) is 5.75 Å². The maximum absolute atomic E-state index is 12.4. The van der Waals surface area contributed by atoms with Gasteiger partial charge in [0.05, 0.1) is 12.9 Å². The highest BCUT2D eigenvalue weighted by atomic mass is 32.2. The van der Waals surface area contributed by atoms with Crippen LogP contribution in [0.25, 0.3) is 10.8 Å². The first-order chi connectivity index (χ1) is 13.5. The minimum Gasteiger partial charge on any atom is -0.497 e. The molecule has 3 rings (SSSR count). The molecule has 148 valence electrons. The van der Waals surface area contributed by atoms with Gasteiger partial charge in [-0.15, -0.1) is 0 Å². The predicted molar refractivity (Wildman–Crippen MR) is 118 cm³/mol. The highest BCUT2D eigenvalue weighted by Crippen LogP contribution is 2.23. The molecule has 2 aromatic rings. The van der Waals surface area contributed by atoms with Gasteiger partial charge in [0.25, 0.3) is 0 Å². The number of unbranched alkanes of at least 4 members (excludes halogenated alkanes) is 1. The Bertz CT molecular complexity index is 884. The number of nitrogens with zero attached hydrogens (tertiary/aromatic N) is 2. The smallest absolute Gasteiger partial charge is 0.238 e. The van der Waals surface area contributed by atoms with E-state index in [1.165, 1.54) is 11.8 Å². The fourth-order valence-corrected chi connectivity index (χ4v) is 4.32. The fraction of sp³-hybridized carbons (Fsp3) is 0.381. The topological polar surface area (TPSA) is 49.9 Å². The number of hydrogen-bond acceptors (Lipinski definition) is 5. The molecular weight excluding hydrogens is 392 g/mol. The summed E-state index contributed by atoms with van der Waals surface area (Å²) in [6.07, 6.45) is 2.00. The van der Waals surface area contributed by atoms with Gasteiger partial charge in [-0.25, -0.2) is 0 Å². The molecular formula is C21H24N2O3S2. The highest BCUT2D eigenvalue weighted by molar-refractivity contribution is 8.23. The Hall–Kier alpha value is -2.12. The summed E-state index contributed by atoms with van der Waals surface area (Å²) in [7, 11) is 3.49. The third-order valence-corrected chi connectivity index (χ3v) is 6.25. The average Bonchev–Trinajstić information content (AvgIpc) is 3.02. The number of hydrogen-bond donors (Lipinski definition) is 0. The lowest BCUT2D eigenvalue weighted by atomic mass is 10.1. The molecule has 0 aliphatic carbocycles. The van der Waals surface area contributed by atoms with E-state index in [4.69, 9.17) is 17.0 Å². The van der Waals surface area contributed by atoms with Crippen LogP contribution < -0.4 is 4.74 Å². The van der Waals surface area contributed by atoms with Crippen LogP contribution in [0.1, 0.15) is 24.8 Å². The van der Waals surface area contributed by atoms with E-state index in [2.05, 4.69) is 12.1 Å². The summed E-state index contributed by atoms with van der Waals surface area (Å²) in [6.45, 7) is 1.18. The van der Waals surface area contributed by atoms with E-state index in [0.29, 0.717) is 29.6 Å². The summed E-state index contributed by atoms with van der Waals surface area (Å²) in [5, 5.41) is 2.24. The molecule has 1 heterocycles. The molecule has 5 nitrogen and oxygen atoms in total. The van der Waals surface area contributed by atoms with Gasteiger partial charge in [0.15, 0.2) is 0 Å². The van der Waals surface area contributed by atoms with Crippen LogP contribution >= 0.6 is 24.0 Å². The van der Waals surface area contributed by atoms with Crippen molar-refractivity contribution in [1.29, 1.82) is 0 Å². The molecule has 0 bridgehead atoms. The van der Waals surface area contributed by atoms with E-state index in [-0.39, 0.29) is 11.8 Å². The second kappa shape index (κ2) is 9.39. The summed E-state index contributed by atoms with van der Waals surface area (Å²) in [5.74, 6) is 1.47. The Morgan fingerprint density at radius 3 is 2.68 bits per heavy atom. The molecule has 1 aliphatic rings. The number of carbonyl (C=O) groups is 2. The maximum Gasteiger partial charge on any atom is 0.238 e. The summed E-state index contributed by atoms with van der Waals surface area (Å²) in [6, 6.07) is 12.2. The lowest BCUT2D eigenvalue weighted by Gasteiger charge is -2.18. The molecule has 0 saturated carbocycles. The Kier molecular flexibility index (Phi) is 6.91. The van der Waals surface area contributed by atoms with Crippen LogP contribution in [0.4, 0.5) is 0 Å². The Morgan fingerprint density at radius 2 is 1.96 bits per heavy atom. The van der Waals surface area contributed by atoms with Crippen molar-refractivity contribution in [2.24, 2.45) is 0 Å². The van der Waals surface area contributed by atoms with Crippen LogP contribution in [0.3, 0.4) is 0 Å². The number of rotatable bonds is 8. The van der Waals surface area contributed by atoms with Gasteiger partial charge in [0.2, 0.25) is 11.8 Å². The van der Waals surface area contributed by atoms with Crippen molar-refractivity contribution < 1.29 is 14.3 Å². The van der Waals surface area contributed by atoms with Crippen molar-refractivity contribution in [1.82, 2.24) is 9.80 Å². The van der Waals surface area contributed by atoms with Gasteiger partial charge in [-0.3, -0.25) is 14.5 Å². The number of methoxy groups -OCH3 is 1. The van der Waals surface area contributed by atoms with Gasteiger partial charge < -0.3 is 9.64 Å². The third-order valence-electron chi connectivity index (χ3n) is 4.82. The minimum atomic E-state index is 0.0763.